The van der Waals surface area contributed by atoms with Crippen LogP contribution in [0.4, 0.5) is 4.39 Å². The molecular formula is C13H17FN2O2. The van der Waals surface area contributed by atoms with E-state index in [1.807, 2.05) is 0 Å². The molecular weight excluding hydrogens is 235 g/mol. The molecule has 1 amide bonds. The molecule has 1 aromatic rings. The maximum Gasteiger partial charge on any atom is 0.234 e. The molecule has 0 aliphatic carbocycles. The molecule has 3 N–H and O–H groups in total. The van der Waals surface area contributed by atoms with E-state index in [1.165, 1.54) is 12.1 Å². The third kappa shape index (κ3) is 2.61. The monoisotopic (exact) mass is 252 g/mol. The molecule has 2 atom stereocenters. The van der Waals surface area contributed by atoms with Gasteiger partial charge in [-0.1, -0.05) is 0 Å². The first kappa shape index (κ1) is 12.8. The number of amides is 1. The van der Waals surface area contributed by atoms with Crippen LogP contribution in [0.1, 0.15) is 24.3 Å². The Kier molecular flexibility index (Phi) is 3.81. The van der Waals surface area contributed by atoms with Crippen molar-refractivity contribution in [3.8, 4) is 5.75 Å². The zero-order chi connectivity index (χ0) is 13.1. The molecule has 18 heavy (non-hydrogen) atoms. The number of piperidine rings is 1. The fourth-order valence-corrected chi connectivity index (χ4v) is 2.44. The number of benzene rings is 1. The number of hydrogen-bond acceptors (Lipinski definition) is 3. The molecule has 2 rings (SSSR count). The summed E-state index contributed by atoms with van der Waals surface area (Å²) in [6, 6.07) is 4.12. The molecule has 1 fully saturated rings. The van der Waals surface area contributed by atoms with Gasteiger partial charge in [0.25, 0.3) is 0 Å². The van der Waals surface area contributed by atoms with E-state index in [0.29, 0.717) is 18.7 Å². The second-order valence-corrected chi connectivity index (χ2v) is 4.52. The SMILES string of the molecule is COc1ccc(F)cc1C1CCNC(C(N)=O)C1. The predicted octanol–water partition coefficient (Wildman–Crippen LogP) is 1.16. The molecule has 1 aliphatic heterocycles. The van der Waals surface area contributed by atoms with E-state index in [1.54, 1.807) is 13.2 Å². The number of methoxy groups -OCH3 is 1. The van der Waals surface area contributed by atoms with Crippen LogP contribution in [0.15, 0.2) is 18.2 Å². The third-order valence-electron chi connectivity index (χ3n) is 3.38. The number of hydrogen-bond donors (Lipinski definition) is 2. The number of rotatable bonds is 3. The number of ether oxygens (including phenoxy) is 1. The van der Waals surface area contributed by atoms with E-state index in [0.717, 1.165) is 12.0 Å². The lowest BCUT2D eigenvalue weighted by Crippen LogP contribution is -2.46. The first-order valence-electron chi connectivity index (χ1n) is 5.98. The van der Waals surface area contributed by atoms with Crippen molar-refractivity contribution in [1.29, 1.82) is 0 Å². The van der Waals surface area contributed by atoms with Crippen molar-refractivity contribution in [2.75, 3.05) is 13.7 Å². The molecule has 98 valence electrons. The summed E-state index contributed by atoms with van der Waals surface area (Å²) in [4.78, 5) is 11.2. The second kappa shape index (κ2) is 5.35. The summed E-state index contributed by atoms with van der Waals surface area (Å²) in [5.74, 6) is 0.0935. The van der Waals surface area contributed by atoms with Gasteiger partial charge in [0.05, 0.1) is 13.2 Å². The van der Waals surface area contributed by atoms with E-state index in [9.17, 15) is 9.18 Å². The Bertz CT molecular complexity index is 451. The first-order valence-corrected chi connectivity index (χ1v) is 5.98. The highest BCUT2D eigenvalue weighted by Gasteiger charge is 2.28. The van der Waals surface area contributed by atoms with Crippen molar-refractivity contribution in [2.24, 2.45) is 5.73 Å². The van der Waals surface area contributed by atoms with Gasteiger partial charge in [0.15, 0.2) is 0 Å². The van der Waals surface area contributed by atoms with Crippen molar-refractivity contribution >= 4 is 5.91 Å². The van der Waals surface area contributed by atoms with Gasteiger partial charge in [-0.15, -0.1) is 0 Å². The summed E-state index contributed by atoms with van der Waals surface area (Å²) in [6.45, 7) is 0.692. The lowest BCUT2D eigenvalue weighted by molar-refractivity contribution is -0.120. The zero-order valence-electron chi connectivity index (χ0n) is 10.3. The average Bonchev–Trinajstić information content (AvgIpc) is 2.39. The summed E-state index contributed by atoms with van der Waals surface area (Å²) < 4.78 is 18.6. The largest absolute Gasteiger partial charge is 0.496 e. The number of primary amides is 1. The smallest absolute Gasteiger partial charge is 0.234 e. The minimum absolute atomic E-state index is 0.0920. The lowest BCUT2D eigenvalue weighted by atomic mass is 9.85. The van der Waals surface area contributed by atoms with E-state index in [-0.39, 0.29) is 23.7 Å². The van der Waals surface area contributed by atoms with Crippen LogP contribution in [-0.2, 0) is 4.79 Å². The third-order valence-corrected chi connectivity index (χ3v) is 3.38. The Morgan fingerprint density at radius 2 is 2.33 bits per heavy atom. The van der Waals surface area contributed by atoms with E-state index in [2.05, 4.69) is 5.32 Å². The summed E-state index contributed by atoms with van der Waals surface area (Å²) in [5, 5.41) is 3.06. The van der Waals surface area contributed by atoms with Crippen molar-refractivity contribution in [3.63, 3.8) is 0 Å². The molecule has 0 aromatic heterocycles. The number of carbonyl (C=O) groups excluding carboxylic acids is 1. The van der Waals surface area contributed by atoms with E-state index in [4.69, 9.17) is 10.5 Å². The van der Waals surface area contributed by atoms with Gasteiger partial charge in [-0.25, -0.2) is 4.39 Å². The van der Waals surface area contributed by atoms with Crippen LogP contribution in [0.5, 0.6) is 5.75 Å². The summed E-state index contributed by atoms with van der Waals surface area (Å²) in [6.07, 6.45) is 1.42. The number of halogens is 1. The molecule has 0 radical (unpaired) electrons. The number of carbonyl (C=O) groups is 1. The van der Waals surface area contributed by atoms with E-state index < -0.39 is 0 Å². The van der Waals surface area contributed by atoms with Gasteiger partial charge in [0, 0.05) is 5.56 Å². The number of nitrogens with two attached hydrogens (primary N) is 1. The zero-order valence-corrected chi connectivity index (χ0v) is 10.3. The maximum atomic E-state index is 13.3. The standard InChI is InChI=1S/C13H17FN2O2/c1-18-12-3-2-9(14)7-10(12)8-4-5-16-11(6-8)13(15)17/h2-3,7-8,11,16H,4-6H2,1H3,(H2,15,17). The average molecular weight is 252 g/mol. The Morgan fingerprint density at radius 3 is 3.00 bits per heavy atom. The normalized spacial score (nSPS) is 23.7. The van der Waals surface area contributed by atoms with Crippen LogP contribution in [0.2, 0.25) is 0 Å². The summed E-state index contributed by atoms with van der Waals surface area (Å²) >= 11 is 0. The highest BCUT2D eigenvalue weighted by Crippen LogP contribution is 2.34. The molecule has 1 aliphatic rings. The van der Waals surface area contributed by atoms with Gasteiger partial charge in [-0.2, -0.15) is 0 Å². The van der Waals surface area contributed by atoms with Gasteiger partial charge < -0.3 is 15.8 Å². The van der Waals surface area contributed by atoms with Crippen LogP contribution in [0, 0.1) is 5.82 Å². The van der Waals surface area contributed by atoms with Gasteiger partial charge in [0.2, 0.25) is 5.91 Å². The van der Waals surface area contributed by atoms with Crippen LogP contribution >= 0.6 is 0 Å². The molecule has 1 aromatic carbocycles. The summed E-state index contributed by atoms with van der Waals surface area (Å²) in [7, 11) is 1.56. The Morgan fingerprint density at radius 1 is 1.56 bits per heavy atom. The Hall–Kier alpha value is -1.62. The Balaban J connectivity index is 2.25. The van der Waals surface area contributed by atoms with Crippen LogP contribution in [0.25, 0.3) is 0 Å². The highest BCUT2D eigenvalue weighted by atomic mass is 19.1. The van der Waals surface area contributed by atoms with Crippen molar-refractivity contribution in [2.45, 2.75) is 24.8 Å². The van der Waals surface area contributed by atoms with Gasteiger partial charge in [0.1, 0.15) is 11.6 Å². The van der Waals surface area contributed by atoms with Crippen LogP contribution in [-0.4, -0.2) is 25.6 Å². The quantitative estimate of drug-likeness (QED) is 0.848. The van der Waals surface area contributed by atoms with Crippen LogP contribution in [0.3, 0.4) is 0 Å². The van der Waals surface area contributed by atoms with Crippen molar-refractivity contribution in [3.05, 3.63) is 29.6 Å². The maximum absolute atomic E-state index is 13.3. The lowest BCUT2D eigenvalue weighted by Gasteiger charge is -2.29. The van der Waals surface area contributed by atoms with Crippen molar-refractivity contribution in [1.82, 2.24) is 5.32 Å². The molecule has 2 unspecified atom stereocenters. The first-order chi connectivity index (χ1) is 8.61. The molecule has 0 spiro atoms. The number of nitrogens with one attached hydrogen (secondary N) is 1. The van der Waals surface area contributed by atoms with Gasteiger partial charge >= 0.3 is 0 Å². The fraction of sp³-hybridized carbons (Fsp3) is 0.462. The van der Waals surface area contributed by atoms with E-state index >= 15 is 0 Å². The van der Waals surface area contributed by atoms with Crippen LogP contribution < -0.4 is 15.8 Å². The highest BCUT2D eigenvalue weighted by molar-refractivity contribution is 5.80. The summed E-state index contributed by atoms with van der Waals surface area (Å²) in [5.41, 5.74) is 6.11. The predicted molar refractivity (Wildman–Crippen MR) is 65.9 cm³/mol. The van der Waals surface area contributed by atoms with Crippen molar-refractivity contribution < 1.29 is 13.9 Å². The van der Waals surface area contributed by atoms with Gasteiger partial charge in [-0.05, 0) is 43.5 Å². The fourth-order valence-electron chi connectivity index (χ4n) is 2.44. The topological polar surface area (TPSA) is 64.3 Å². The Labute approximate surface area is 105 Å². The molecule has 5 heteroatoms. The minimum atomic E-state index is -0.366. The second-order valence-electron chi connectivity index (χ2n) is 4.52. The molecule has 1 saturated heterocycles. The molecule has 0 saturated carbocycles. The molecule has 4 nitrogen and oxygen atoms in total. The minimum Gasteiger partial charge on any atom is -0.496 e. The molecule has 1 heterocycles. The molecule has 0 bridgehead atoms. The van der Waals surface area contributed by atoms with Gasteiger partial charge in [-0.3, -0.25) is 4.79 Å².